The van der Waals surface area contributed by atoms with Gasteiger partial charge in [0.25, 0.3) is 5.69 Å². The predicted molar refractivity (Wildman–Crippen MR) is 112 cm³/mol. The van der Waals surface area contributed by atoms with E-state index in [0.717, 1.165) is 22.8 Å². The van der Waals surface area contributed by atoms with Crippen molar-refractivity contribution in [2.24, 2.45) is 0 Å². The molecule has 2 rings (SSSR count). The summed E-state index contributed by atoms with van der Waals surface area (Å²) in [6.07, 6.45) is 0. The minimum absolute atomic E-state index is 0.137. The average molecular weight is 420 g/mol. The number of benzene rings is 2. The number of aryl methyl sites for hydroxylation is 3. The summed E-state index contributed by atoms with van der Waals surface area (Å²) < 4.78 is 25.9. The van der Waals surface area contributed by atoms with Crippen molar-refractivity contribution < 1.29 is 18.1 Å². The number of likely N-dealkylation sites (N-methyl/N-ethyl adjacent to an activating group) is 1. The molecule has 0 aromatic heterocycles. The number of carbonyl (C=O) groups is 1. The number of hydrogen-bond donors (Lipinski definition) is 2. The SMILES string of the molecule is CNS(=O)(=O)c1ccc(N(C)CC(=O)Nc2c(C)cc(C)cc2C)c([N+](=O)[O-])c1. The van der Waals surface area contributed by atoms with Crippen LogP contribution in [0.5, 0.6) is 0 Å². The van der Waals surface area contributed by atoms with E-state index in [0.29, 0.717) is 5.69 Å². The molecule has 156 valence electrons. The van der Waals surface area contributed by atoms with Crippen molar-refractivity contribution >= 4 is 33.0 Å². The van der Waals surface area contributed by atoms with E-state index in [4.69, 9.17) is 0 Å². The normalized spacial score (nSPS) is 11.2. The van der Waals surface area contributed by atoms with Crippen molar-refractivity contribution in [2.75, 3.05) is 30.9 Å². The van der Waals surface area contributed by atoms with Crippen molar-refractivity contribution in [3.8, 4) is 0 Å². The van der Waals surface area contributed by atoms with Gasteiger partial charge in [-0.3, -0.25) is 14.9 Å². The second-order valence-electron chi connectivity index (χ2n) is 6.79. The molecule has 0 aliphatic carbocycles. The van der Waals surface area contributed by atoms with Crippen molar-refractivity contribution in [1.82, 2.24) is 4.72 Å². The van der Waals surface area contributed by atoms with E-state index in [1.807, 2.05) is 32.9 Å². The zero-order valence-electron chi connectivity index (χ0n) is 16.9. The Morgan fingerprint density at radius 3 is 2.24 bits per heavy atom. The van der Waals surface area contributed by atoms with Gasteiger partial charge in [0.2, 0.25) is 15.9 Å². The van der Waals surface area contributed by atoms with Crippen LogP contribution in [0.4, 0.5) is 17.1 Å². The van der Waals surface area contributed by atoms with Crippen LogP contribution in [0.3, 0.4) is 0 Å². The number of nitrogens with one attached hydrogen (secondary N) is 2. The van der Waals surface area contributed by atoms with Crippen LogP contribution >= 0.6 is 0 Å². The molecule has 0 radical (unpaired) electrons. The smallest absolute Gasteiger partial charge is 0.293 e. The fourth-order valence-corrected chi connectivity index (χ4v) is 3.86. The molecule has 29 heavy (non-hydrogen) atoms. The minimum Gasteiger partial charge on any atom is -0.360 e. The van der Waals surface area contributed by atoms with Crippen LogP contribution in [0.2, 0.25) is 0 Å². The van der Waals surface area contributed by atoms with E-state index in [2.05, 4.69) is 10.0 Å². The second kappa shape index (κ2) is 8.58. The second-order valence-corrected chi connectivity index (χ2v) is 8.68. The molecular formula is C19H24N4O5S. The van der Waals surface area contributed by atoms with Gasteiger partial charge in [0.1, 0.15) is 5.69 Å². The number of nitrogens with zero attached hydrogens (tertiary/aromatic N) is 2. The molecule has 0 spiro atoms. The maximum atomic E-state index is 12.5. The van der Waals surface area contributed by atoms with E-state index < -0.39 is 20.6 Å². The molecule has 10 heteroatoms. The molecule has 2 N–H and O–H groups in total. The Balaban J connectivity index is 2.27. The van der Waals surface area contributed by atoms with Gasteiger partial charge >= 0.3 is 0 Å². The molecule has 1 amide bonds. The zero-order chi connectivity index (χ0) is 21.9. The predicted octanol–water partition coefficient (Wildman–Crippen LogP) is 2.50. The van der Waals surface area contributed by atoms with Crippen molar-refractivity contribution in [1.29, 1.82) is 0 Å². The van der Waals surface area contributed by atoms with E-state index in [1.54, 1.807) is 0 Å². The lowest BCUT2D eigenvalue weighted by atomic mass is 10.1. The van der Waals surface area contributed by atoms with Crippen LogP contribution < -0.4 is 14.9 Å². The van der Waals surface area contributed by atoms with Crippen LogP contribution in [0.25, 0.3) is 0 Å². The highest BCUT2D eigenvalue weighted by Gasteiger charge is 2.23. The maximum absolute atomic E-state index is 12.5. The standard InChI is InChI=1S/C19H24N4O5S/c1-12-8-13(2)19(14(3)9-12)21-18(24)11-22(5)16-7-6-15(29(27,28)20-4)10-17(16)23(25)26/h6-10,20H,11H2,1-5H3,(H,21,24). The molecule has 0 aliphatic heterocycles. The molecular weight excluding hydrogens is 396 g/mol. The van der Waals surface area contributed by atoms with Gasteiger partial charge in [-0.15, -0.1) is 0 Å². The zero-order valence-corrected chi connectivity index (χ0v) is 17.8. The lowest BCUT2D eigenvalue weighted by Gasteiger charge is -2.20. The van der Waals surface area contributed by atoms with Crippen molar-refractivity contribution in [3.63, 3.8) is 0 Å². The van der Waals surface area contributed by atoms with Gasteiger partial charge in [-0.2, -0.15) is 0 Å². The van der Waals surface area contributed by atoms with Crippen LogP contribution in [-0.2, 0) is 14.8 Å². The molecule has 0 saturated heterocycles. The number of amides is 1. The number of nitro groups is 1. The first-order valence-corrected chi connectivity index (χ1v) is 10.3. The van der Waals surface area contributed by atoms with Crippen molar-refractivity contribution in [3.05, 3.63) is 57.1 Å². The third-order valence-electron chi connectivity index (χ3n) is 4.46. The molecule has 0 aliphatic rings. The Kier molecular flexibility index (Phi) is 6.60. The lowest BCUT2D eigenvalue weighted by Crippen LogP contribution is -2.31. The van der Waals surface area contributed by atoms with Crippen LogP contribution in [0.1, 0.15) is 16.7 Å². The van der Waals surface area contributed by atoms with E-state index in [-0.39, 0.29) is 23.0 Å². The summed E-state index contributed by atoms with van der Waals surface area (Å²) in [5, 5.41) is 14.3. The topological polar surface area (TPSA) is 122 Å². The fraction of sp³-hybridized carbons (Fsp3) is 0.316. The number of carbonyl (C=O) groups excluding carboxylic acids is 1. The third kappa shape index (κ3) is 5.09. The number of hydrogen-bond acceptors (Lipinski definition) is 6. The molecule has 9 nitrogen and oxygen atoms in total. The fourth-order valence-electron chi connectivity index (χ4n) is 3.11. The monoisotopic (exact) mass is 420 g/mol. The van der Waals surface area contributed by atoms with Gasteiger partial charge in [-0.1, -0.05) is 17.7 Å². The summed E-state index contributed by atoms with van der Waals surface area (Å²) >= 11 is 0. The lowest BCUT2D eigenvalue weighted by molar-refractivity contribution is -0.384. The average Bonchev–Trinajstić information content (AvgIpc) is 2.64. The summed E-state index contributed by atoms with van der Waals surface area (Å²) in [6, 6.07) is 7.47. The largest absolute Gasteiger partial charge is 0.360 e. The molecule has 0 atom stereocenters. The molecule has 0 fully saturated rings. The first-order valence-electron chi connectivity index (χ1n) is 8.77. The maximum Gasteiger partial charge on any atom is 0.293 e. The van der Waals surface area contributed by atoms with Gasteiger partial charge < -0.3 is 10.2 Å². The van der Waals surface area contributed by atoms with E-state index in [1.165, 1.54) is 31.1 Å². The first kappa shape index (κ1) is 22.3. The molecule has 2 aromatic carbocycles. The van der Waals surface area contributed by atoms with Gasteiger partial charge in [0.15, 0.2) is 0 Å². The Morgan fingerprint density at radius 1 is 1.14 bits per heavy atom. The molecule has 0 bridgehead atoms. The van der Waals surface area contributed by atoms with Gasteiger partial charge in [0, 0.05) is 18.8 Å². The van der Waals surface area contributed by atoms with E-state index >= 15 is 0 Å². The van der Waals surface area contributed by atoms with Crippen LogP contribution in [0.15, 0.2) is 35.2 Å². The van der Waals surface area contributed by atoms with Gasteiger partial charge in [-0.25, -0.2) is 13.1 Å². The first-order chi connectivity index (χ1) is 13.5. The number of sulfonamides is 1. The van der Waals surface area contributed by atoms with Crippen molar-refractivity contribution in [2.45, 2.75) is 25.7 Å². The summed E-state index contributed by atoms with van der Waals surface area (Å²) in [5.41, 5.74) is 3.37. The Bertz CT molecular complexity index is 1040. The Labute approximate surface area is 169 Å². The summed E-state index contributed by atoms with van der Waals surface area (Å²) in [7, 11) is -1.07. The highest BCUT2D eigenvalue weighted by molar-refractivity contribution is 7.89. The highest BCUT2D eigenvalue weighted by Crippen LogP contribution is 2.30. The van der Waals surface area contributed by atoms with Gasteiger partial charge in [0.05, 0.1) is 16.4 Å². The molecule has 0 unspecified atom stereocenters. The van der Waals surface area contributed by atoms with Crippen LogP contribution in [0, 0.1) is 30.9 Å². The number of nitro benzene ring substituents is 1. The Hall–Kier alpha value is -2.98. The molecule has 0 saturated carbocycles. The number of rotatable bonds is 7. The quantitative estimate of drug-likeness (QED) is 0.524. The van der Waals surface area contributed by atoms with Gasteiger partial charge in [-0.05, 0) is 51.1 Å². The van der Waals surface area contributed by atoms with E-state index in [9.17, 15) is 23.3 Å². The number of anilines is 2. The summed E-state index contributed by atoms with van der Waals surface area (Å²) in [6.45, 7) is 5.61. The molecule has 2 aromatic rings. The summed E-state index contributed by atoms with van der Waals surface area (Å²) in [4.78, 5) is 24.5. The van der Waals surface area contributed by atoms with Crippen LogP contribution in [-0.4, -0.2) is 39.9 Å². The Morgan fingerprint density at radius 2 is 1.72 bits per heavy atom. The third-order valence-corrected chi connectivity index (χ3v) is 5.87. The summed E-state index contributed by atoms with van der Waals surface area (Å²) in [5.74, 6) is -0.344. The minimum atomic E-state index is -3.83. The molecule has 0 heterocycles. The highest BCUT2D eigenvalue weighted by atomic mass is 32.2.